The zero-order valence-corrected chi connectivity index (χ0v) is 20.3. The number of anilines is 1. The summed E-state index contributed by atoms with van der Waals surface area (Å²) in [6.45, 7) is 0. The van der Waals surface area contributed by atoms with Crippen molar-refractivity contribution in [3.05, 3.63) is 77.6 Å². The molecule has 2 aromatic carbocycles. The van der Waals surface area contributed by atoms with Crippen molar-refractivity contribution in [3.63, 3.8) is 0 Å². The first-order valence-electron chi connectivity index (χ1n) is 11.3. The van der Waals surface area contributed by atoms with Gasteiger partial charge in [-0.1, -0.05) is 18.2 Å². The van der Waals surface area contributed by atoms with Gasteiger partial charge in [0, 0.05) is 17.3 Å². The van der Waals surface area contributed by atoms with E-state index in [0.717, 1.165) is 18.3 Å². The van der Waals surface area contributed by atoms with Crippen LogP contribution in [-0.2, 0) is 22.4 Å². The Kier molecular flexibility index (Phi) is 6.37. The van der Waals surface area contributed by atoms with E-state index in [1.54, 1.807) is 0 Å². The zero-order chi connectivity index (χ0) is 28.2. The lowest BCUT2D eigenvalue weighted by Gasteiger charge is -2.12. The number of halogens is 6. The standard InChI is InChI=1S/C24H17F6N5O3S/c25-23(26,27)14-6-4-13(5-7-14)19-11-20(24(28,29)30)35-21(33-19)18(12-31-35)22(36)32-16-2-1-3-17(10-16)39(37,38)34-15-8-9-15/h1-7,10-12,15,34H,8-9H2,(H,32,36). The minimum absolute atomic E-state index is 0.0490. The molecule has 1 fully saturated rings. The number of benzene rings is 2. The van der Waals surface area contributed by atoms with E-state index >= 15 is 0 Å². The van der Waals surface area contributed by atoms with Crippen LogP contribution in [0.2, 0.25) is 0 Å². The van der Waals surface area contributed by atoms with E-state index in [0.29, 0.717) is 35.6 Å². The number of rotatable bonds is 6. The number of alkyl halides is 6. The van der Waals surface area contributed by atoms with Crippen LogP contribution in [0.5, 0.6) is 0 Å². The largest absolute Gasteiger partial charge is 0.433 e. The molecule has 2 N–H and O–H groups in total. The predicted octanol–water partition coefficient (Wildman–Crippen LogP) is 5.13. The van der Waals surface area contributed by atoms with Gasteiger partial charge >= 0.3 is 12.4 Å². The number of sulfonamides is 1. The molecule has 5 rings (SSSR count). The van der Waals surface area contributed by atoms with E-state index < -0.39 is 45.2 Å². The molecule has 8 nitrogen and oxygen atoms in total. The molecule has 2 aromatic heterocycles. The molecule has 0 aliphatic heterocycles. The summed E-state index contributed by atoms with van der Waals surface area (Å²) in [6.07, 6.45) is -7.30. The summed E-state index contributed by atoms with van der Waals surface area (Å²) in [4.78, 5) is 17.0. The van der Waals surface area contributed by atoms with E-state index in [2.05, 4.69) is 20.1 Å². The van der Waals surface area contributed by atoms with Crippen LogP contribution in [0.4, 0.5) is 32.0 Å². The van der Waals surface area contributed by atoms with E-state index in [9.17, 15) is 39.6 Å². The van der Waals surface area contributed by atoms with Gasteiger partial charge in [-0.25, -0.2) is 22.6 Å². The summed E-state index contributed by atoms with van der Waals surface area (Å²) in [5.74, 6) is -0.931. The second-order valence-corrected chi connectivity index (χ2v) is 10.5. The molecule has 0 saturated heterocycles. The first kappa shape index (κ1) is 26.6. The lowest BCUT2D eigenvalue weighted by Crippen LogP contribution is -2.25. The van der Waals surface area contributed by atoms with Crippen LogP contribution in [0, 0.1) is 0 Å². The zero-order valence-electron chi connectivity index (χ0n) is 19.5. The van der Waals surface area contributed by atoms with Gasteiger partial charge in [0.1, 0.15) is 5.56 Å². The molecule has 15 heteroatoms. The number of hydrogen-bond donors (Lipinski definition) is 2. The van der Waals surface area contributed by atoms with Crippen LogP contribution in [0.15, 0.2) is 65.7 Å². The fraction of sp³-hybridized carbons (Fsp3) is 0.208. The number of nitrogens with one attached hydrogen (secondary N) is 2. The van der Waals surface area contributed by atoms with Crippen LogP contribution in [-0.4, -0.2) is 35.0 Å². The normalized spacial score (nSPS) is 14.5. The van der Waals surface area contributed by atoms with Gasteiger partial charge in [0.25, 0.3) is 5.91 Å². The smallest absolute Gasteiger partial charge is 0.322 e. The molecule has 0 unspecified atom stereocenters. The highest BCUT2D eigenvalue weighted by atomic mass is 32.2. The highest BCUT2D eigenvalue weighted by molar-refractivity contribution is 7.89. The van der Waals surface area contributed by atoms with Gasteiger partial charge in [0.05, 0.1) is 22.3 Å². The molecule has 1 aliphatic rings. The summed E-state index contributed by atoms with van der Waals surface area (Å²) < 4.78 is 108. The Bertz CT molecular complexity index is 1680. The van der Waals surface area contributed by atoms with Crippen LogP contribution in [0.25, 0.3) is 16.9 Å². The van der Waals surface area contributed by atoms with E-state index in [4.69, 9.17) is 0 Å². The van der Waals surface area contributed by atoms with Crippen LogP contribution in [0.3, 0.4) is 0 Å². The summed E-state index contributed by atoms with van der Waals surface area (Å²) in [7, 11) is -3.84. The molecular formula is C24H17F6N5O3S. The first-order valence-corrected chi connectivity index (χ1v) is 12.8. The van der Waals surface area contributed by atoms with Crippen LogP contribution >= 0.6 is 0 Å². The monoisotopic (exact) mass is 569 g/mol. The van der Waals surface area contributed by atoms with Crippen LogP contribution < -0.4 is 10.0 Å². The lowest BCUT2D eigenvalue weighted by molar-refractivity contribution is -0.142. The molecule has 39 heavy (non-hydrogen) atoms. The highest BCUT2D eigenvalue weighted by Gasteiger charge is 2.36. The molecule has 1 aliphatic carbocycles. The van der Waals surface area contributed by atoms with E-state index in [1.807, 2.05) is 0 Å². The van der Waals surface area contributed by atoms with E-state index in [1.165, 1.54) is 24.3 Å². The summed E-state index contributed by atoms with van der Waals surface area (Å²) in [5, 5.41) is 6.07. The topological polar surface area (TPSA) is 105 Å². The van der Waals surface area contributed by atoms with Gasteiger partial charge in [-0.2, -0.15) is 31.4 Å². The van der Waals surface area contributed by atoms with Crippen molar-refractivity contribution in [3.8, 4) is 11.3 Å². The van der Waals surface area contributed by atoms with Crippen molar-refractivity contribution >= 4 is 27.3 Å². The second kappa shape index (κ2) is 9.34. The Morgan fingerprint density at radius 1 is 0.949 bits per heavy atom. The Morgan fingerprint density at radius 2 is 1.64 bits per heavy atom. The molecular weight excluding hydrogens is 552 g/mol. The van der Waals surface area contributed by atoms with Crippen LogP contribution in [0.1, 0.15) is 34.5 Å². The average molecular weight is 569 g/mol. The van der Waals surface area contributed by atoms with Crippen molar-refractivity contribution in [1.29, 1.82) is 0 Å². The average Bonchev–Trinajstić information content (AvgIpc) is 3.56. The number of carbonyl (C=O) groups is 1. The van der Waals surface area contributed by atoms with Gasteiger partial charge in [0.15, 0.2) is 11.3 Å². The number of amides is 1. The van der Waals surface area contributed by atoms with Gasteiger partial charge in [0.2, 0.25) is 10.0 Å². The second-order valence-electron chi connectivity index (χ2n) is 8.77. The number of fused-ring (bicyclic) bond motifs is 1. The first-order chi connectivity index (χ1) is 18.2. The summed E-state index contributed by atoms with van der Waals surface area (Å²) in [6, 6.07) is 9.11. The maximum Gasteiger partial charge on any atom is 0.433 e. The van der Waals surface area contributed by atoms with Gasteiger partial charge in [-0.3, -0.25) is 4.79 Å². The number of aromatic nitrogens is 3. The van der Waals surface area contributed by atoms with Crippen molar-refractivity contribution in [2.24, 2.45) is 0 Å². The third kappa shape index (κ3) is 5.59. The van der Waals surface area contributed by atoms with Gasteiger partial charge in [-0.05, 0) is 49.2 Å². The Balaban J connectivity index is 1.51. The predicted molar refractivity (Wildman–Crippen MR) is 126 cm³/mol. The van der Waals surface area contributed by atoms with Crippen molar-refractivity contribution in [1.82, 2.24) is 19.3 Å². The maximum absolute atomic E-state index is 13.8. The molecule has 1 amide bonds. The maximum atomic E-state index is 13.8. The molecule has 0 radical (unpaired) electrons. The van der Waals surface area contributed by atoms with Gasteiger partial charge < -0.3 is 5.32 Å². The lowest BCUT2D eigenvalue weighted by atomic mass is 10.1. The molecule has 0 atom stereocenters. The minimum atomic E-state index is -4.95. The Labute approximate surface area is 216 Å². The number of nitrogens with zero attached hydrogens (tertiary/aromatic N) is 3. The third-order valence-electron chi connectivity index (χ3n) is 5.82. The number of carbonyl (C=O) groups excluding carboxylic acids is 1. The van der Waals surface area contributed by atoms with Crippen molar-refractivity contribution < 1.29 is 39.6 Å². The fourth-order valence-electron chi connectivity index (χ4n) is 3.73. The van der Waals surface area contributed by atoms with E-state index in [-0.39, 0.29) is 33.4 Å². The number of hydrogen-bond acceptors (Lipinski definition) is 5. The molecule has 1 saturated carbocycles. The highest BCUT2D eigenvalue weighted by Crippen LogP contribution is 2.34. The molecule has 2 heterocycles. The summed E-state index contributed by atoms with van der Waals surface area (Å²) in [5.41, 5.74) is -3.52. The van der Waals surface area contributed by atoms with Crippen molar-refractivity contribution in [2.45, 2.75) is 36.1 Å². The third-order valence-corrected chi connectivity index (χ3v) is 7.33. The van der Waals surface area contributed by atoms with Gasteiger partial charge in [-0.15, -0.1) is 0 Å². The molecule has 204 valence electrons. The van der Waals surface area contributed by atoms with Crippen molar-refractivity contribution in [2.75, 3.05) is 5.32 Å². The molecule has 0 bridgehead atoms. The molecule has 0 spiro atoms. The summed E-state index contributed by atoms with van der Waals surface area (Å²) >= 11 is 0. The Morgan fingerprint density at radius 3 is 2.26 bits per heavy atom. The quantitative estimate of drug-likeness (QED) is 0.314. The minimum Gasteiger partial charge on any atom is -0.322 e. The fourth-order valence-corrected chi connectivity index (χ4v) is 5.08. The Hall–Kier alpha value is -3.98. The SMILES string of the molecule is O=C(Nc1cccc(S(=O)(=O)NC2CC2)c1)c1cnn2c(C(F)(F)F)cc(-c3ccc(C(F)(F)F)cc3)nc12. The molecule has 4 aromatic rings.